The second-order valence-corrected chi connectivity index (χ2v) is 18.7. The van der Waals surface area contributed by atoms with Gasteiger partial charge in [0.2, 0.25) is 31.8 Å². The summed E-state index contributed by atoms with van der Waals surface area (Å²) in [6, 6.07) is 25.2. The van der Waals surface area contributed by atoms with E-state index in [0.29, 0.717) is 35.1 Å². The van der Waals surface area contributed by atoms with Crippen molar-refractivity contribution < 1.29 is 43.2 Å². The molecule has 0 atom stereocenters. The molecule has 0 radical (unpaired) electrons. The van der Waals surface area contributed by atoms with Gasteiger partial charge in [-0.1, -0.05) is 36.4 Å². The minimum absolute atomic E-state index is 0. The first kappa shape index (κ1) is 46.1. The van der Waals surface area contributed by atoms with Gasteiger partial charge in [0.05, 0.1) is 37.0 Å². The Labute approximate surface area is 362 Å². The van der Waals surface area contributed by atoms with Crippen molar-refractivity contribution in [1.82, 2.24) is 30.6 Å². The zero-order chi connectivity index (χ0) is 43.6. The Morgan fingerprint density at radius 3 is 1.45 bits per heavy atom. The van der Waals surface area contributed by atoms with E-state index in [9.17, 15) is 34.4 Å². The number of hydrogen-bond acceptors (Lipinski definition) is 12. The number of rotatable bonds is 13. The van der Waals surface area contributed by atoms with Crippen LogP contribution >= 0.6 is 12.4 Å². The molecule has 0 aliphatic carbocycles. The monoisotopic (exact) mass is 918 g/mol. The maximum Gasteiger partial charge on any atom is 0.314 e. The Kier molecular flexibility index (Phi) is 14.1. The van der Waals surface area contributed by atoms with Gasteiger partial charge in [0, 0.05) is 43.3 Å². The van der Waals surface area contributed by atoms with Crippen LogP contribution in [-0.4, -0.2) is 60.7 Å². The van der Waals surface area contributed by atoms with E-state index < -0.39 is 44.7 Å². The molecule has 0 saturated carbocycles. The van der Waals surface area contributed by atoms with Gasteiger partial charge in [-0.25, -0.2) is 16.8 Å². The summed E-state index contributed by atoms with van der Waals surface area (Å²) in [5, 5.41) is 17.1. The normalized spacial score (nSPS) is 13.8. The van der Waals surface area contributed by atoms with E-state index >= 15 is 0 Å². The molecule has 2 aliphatic rings. The van der Waals surface area contributed by atoms with Crippen molar-refractivity contribution >= 4 is 43.8 Å². The number of benzene rings is 4. The summed E-state index contributed by atoms with van der Waals surface area (Å²) in [6.07, 6.45) is -3.32. The predicted molar refractivity (Wildman–Crippen MR) is 226 cm³/mol. The number of nitrogens with one attached hydrogen (secondary N) is 1. The molecule has 0 fully saturated rings. The highest BCUT2D eigenvalue weighted by atomic mass is 35.5. The van der Waals surface area contributed by atoms with E-state index in [2.05, 4.69) is 44.5 Å². The lowest BCUT2D eigenvalue weighted by molar-refractivity contribution is 0.115. The molecule has 2 aromatic heterocycles. The Hall–Kier alpha value is -5.41. The molecule has 0 bridgehead atoms. The molecule has 0 unspecified atom stereocenters. The minimum atomic E-state index is -3.54. The summed E-state index contributed by atoms with van der Waals surface area (Å²) < 4.78 is 113. The predicted octanol–water partition coefficient (Wildman–Crippen LogP) is 8.03. The van der Waals surface area contributed by atoms with Crippen molar-refractivity contribution in [3.05, 3.63) is 130 Å². The second-order valence-electron chi connectivity index (χ2n) is 14.9. The number of sulfonamides is 2. The molecule has 4 heterocycles. The molecule has 330 valence electrons. The van der Waals surface area contributed by atoms with Gasteiger partial charge in [-0.3, -0.25) is 13.5 Å². The summed E-state index contributed by atoms with van der Waals surface area (Å²) in [5.74, 6) is -1.50. The van der Waals surface area contributed by atoms with Crippen LogP contribution in [0, 0.1) is 0 Å². The van der Waals surface area contributed by atoms with Gasteiger partial charge in [-0.05, 0) is 95.8 Å². The Balaban J connectivity index is 0.000000204. The first-order valence-corrected chi connectivity index (χ1v) is 22.7. The number of alkyl halides is 4. The molecule has 0 spiro atoms. The van der Waals surface area contributed by atoms with Crippen LogP contribution in [0.1, 0.15) is 71.9 Å². The molecule has 62 heavy (non-hydrogen) atoms. The van der Waals surface area contributed by atoms with E-state index in [1.54, 1.807) is 54.6 Å². The van der Waals surface area contributed by atoms with Crippen molar-refractivity contribution in [2.75, 3.05) is 21.1 Å². The van der Waals surface area contributed by atoms with Crippen LogP contribution in [0.3, 0.4) is 0 Å². The average Bonchev–Trinajstić information content (AvgIpc) is 4.05. The minimum Gasteiger partial charge on any atom is -0.415 e. The van der Waals surface area contributed by atoms with Gasteiger partial charge in [-0.2, -0.15) is 17.6 Å². The molecule has 21 heteroatoms. The third-order valence-electron chi connectivity index (χ3n) is 10.2. The molecule has 8 rings (SSSR count). The third-order valence-corrected chi connectivity index (χ3v) is 12.5. The standard InChI is InChI=1S/C22H24F2N4O3S.C19H18F2N4O3S.ClH/c1-14(2)27-12-17-8-9-19(10-18(17)13-27)28(32(3,29)30)11-15-4-6-16(7-5-15)21-25-26-22(31-21)20(23)24;1-29(26,27)25(16-7-6-14-9-22-10-15(14)8-16)11-12-2-4-13(5-3-12)18-23-24-19(28-18)17(20)21;/h4-10,14,20H,11-13H2,1-3H3;2-8,17,22H,9-11H2,1H3;1H. The highest BCUT2D eigenvalue weighted by molar-refractivity contribution is 7.92. The van der Waals surface area contributed by atoms with Crippen molar-refractivity contribution in [3.8, 4) is 22.9 Å². The summed E-state index contributed by atoms with van der Waals surface area (Å²) in [6.45, 7) is 7.69. The van der Waals surface area contributed by atoms with Gasteiger partial charge in [-0.15, -0.1) is 32.8 Å². The van der Waals surface area contributed by atoms with Crippen LogP contribution in [0.25, 0.3) is 22.9 Å². The summed E-state index contributed by atoms with van der Waals surface area (Å²) in [4.78, 5) is 2.33. The second kappa shape index (κ2) is 18.9. The molecule has 2 aliphatic heterocycles. The van der Waals surface area contributed by atoms with Gasteiger partial charge in [0.25, 0.3) is 11.8 Å². The fourth-order valence-corrected chi connectivity index (χ4v) is 8.64. The zero-order valence-electron chi connectivity index (χ0n) is 33.9. The Morgan fingerprint density at radius 1 is 0.613 bits per heavy atom. The zero-order valence-corrected chi connectivity index (χ0v) is 36.3. The fourth-order valence-electron chi connectivity index (χ4n) is 6.88. The quantitative estimate of drug-likeness (QED) is 0.111. The van der Waals surface area contributed by atoms with Crippen LogP contribution in [0.5, 0.6) is 0 Å². The number of anilines is 2. The lowest BCUT2D eigenvalue weighted by Crippen LogP contribution is -2.29. The number of nitrogens with zero attached hydrogens (tertiary/aromatic N) is 7. The topological polar surface area (TPSA) is 168 Å². The van der Waals surface area contributed by atoms with E-state index in [0.717, 1.165) is 53.7 Å². The average molecular weight is 919 g/mol. The van der Waals surface area contributed by atoms with Crippen LogP contribution in [0.2, 0.25) is 0 Å². The fraction of sp³-hybridized carbons (Fsp3) is 0.317. The van der Waals surface area contributed by atoms with E-state index in [1.807, 2.05) is 30.3 Å². The highest BCUT2D eigenvalue weighted by Crippen LogP contribution is 2.32. The first-order chi connectivity index (χ1) is 28.9. The Morgan fingerprint density at radius 2 is 1.03 bits per heavy atom. The molecule has 0 saturated heterocycles. The SMILES string of the molecule is CC(C)N1Cc2ccc(N(Cc3ccc(-c4nnc(C(F)F)o4)cc3)S(C)(=O)=O)cc2C1.CS(=O)(=O)N(Cc1ccc(-c2nnc(C(F)F)o2)cc1)c1ccc2c(c1)CNC2.Cl. The van der Waals surface area contributed by atoms with Crippen LogP contribution < -0.4 is 13.9 Å². The lowest BCUT2D eigenvalue weighted by atomic mass is 10.1. The lowest BCUT2D eigenvalue weighted by Gasteiger charge is -2.23. The van der Waals surface area contributed by atoms with Crippen LogP contribution in [0.4, 0.5) is 28.9 Å². The van der Waals surface area contributed by atoms with Gasteiger partial charge >= 0.3 is 12.9 Å². The highest BCUT2D eigenvalue weighted by Gasteiger charge is 2.26. The molecular weight excluding hydrogens is 876 g/mol. The van der Waals surface area contributed by atoms with E-state index in [-0.39, 0.29) is 37.3 Å². The Bertz CT molecular complexity index is 2720. The first-order valence-electron chi connectivity index (χ1n) is 19.0. The number of halogens is 5. The van der Waals surface area contributed by atoms with Crippen LogP contribution in [0.15, 0.2) is 93.8 Å². The largest absolute Gasteiger partial charge is 0.415 e. The summed E-state index contributed by atoms with van der Waals surface area (Å²) in [5.41, 5.74) is 8.20. The molecular formula is C41H43ClF4N8O6S2. The van der Waals surface area contributed by atoms with Gasteiger partial charge < -0.3 is 14.2 Å². The third kappa shape index (κ3) is 10.8. The van der Waals surface area contributed by atoms with E-state index in [4.69, 9.17) is 8.83 Å². The summed E-state index contributed by atoms with van der Waals surface area (Å²) >= 11 is 0. The molecule has 4 aromatic carbocycles. The molecule has 1 N–H and O–H groups in total. The number of hydrogen-bond donors (Lipinski definition) is 1. The summed E-state index contributed by atoms with van der Waals surface area (Å²) in [7, 11) is -7.05. The van der Waals surface area contributed by atoms with Gasteiger partial charge in [0.1, 0.15) is 0 Å². The van der Waals surface area contributed by atoms with Crippen molar-refractivity contribution in [1.29, 1.82) is 0 Å². The van der Waals surface area contributed by atoms with Crippen molar-refractivity contribution in [2.24, 2.45) is 0 Å². The van der Waals surface area contributed by atoms with Crippen molar-refractivity contribution in [2.45, 2.75) is 72.0 Å². The smallest absolute Gasteiger partial charge is 0.314 e. The maximum absolute atomic E-state index is 12.7. The molecule has 0 amide bonds. The number of aromatic nitrogens is 4. The molecule has 14 nitrogen and oxygen atoms in total. The van der Waals surface area contributed by atoms with Crippen molar-refractivity contribution in [3.63, 3.8) is 0 Å². The van der Waals surface area contributed by atoms with Crippen LogP contribution in [-0.2, 0) is 59.3 Å². The van der Waals surface area contributed by atoms with E-state index in [1.165, 1.54) is 20.4 Å². The number of fused-ring (bicyclic) bond motifs is 2. The van der Waals surface area contributed by atoms with Gasteiger partial charge in [0.15, 0.2) is 0 Å². The maximum atomic E-state index is 12.7. The molecule has 6 aromatic rings.